The van der Waals surface area contributed by atoms with Gasteiger partial charge in [-0.25, -0.2) is 19.2 Å². The van der Waals surface area contributed by atoms with E-state index in [1.165, 1.54) is 24.9 Å². The fourth-order valence-electron chi connectivity index (χ4n) is 4.28. The van der Waals surface area contributed by atoms with Crippen molar-refractivity contribution in [3.8, 4) is 17.0 Å². The summed E-state index contributed by atoms with van der Waals surface area (Å²) >= 11 is 1.31. The van der Waals surface area contributed by atoms with E-state index in [0.29, 0.717) is 30.2 Å². The van der Waals surface area contributed by atoms with Crippen LogP contribution in [-0.2, 0) is 15.0 Å². The summed E-state index contributed by atoms with van der Waals surface area (Å²) in [6.07, 6.45) is 0.893. The molecule has 0 spiro atoms. The average molecular weight is 462 g/mol. The van der Waals surface area contributed by atoms with Gasteiger partial charge in [0.1, 0.15) is 11.4 Å². The Hall–Kier alpha value is -2.69. The predicted molar refractivity (Wildman–Crippen MR) is 119 cm³/mol. The first-order chi connectivity index (χ1) is 15.5. The number of hydrogen-bond donors (Lipinski definition) is 2. The van der Waals surface area contributed by atoms with E-state index in [-0.39, 0.29) is 23.8 Å². The Morgan fingerprint density at radius 1 is 1.41 bits per heavy atom. The zero-order valence-corrected chi connectivity index (χ0v) is 18.5. The molecule has 2 aliphatic rings. The summed E-state index contributed by atoms with van der Waals surface area (Å²) in [6, 6.07) is 8.43. The van der Waals surface area contributed by atoms with E-state index in [1.807, 2.05) is 6.07 Å². The molecule has 2 aromatic rings. The number of rotatable bonds is 5. The van der Waals surface area contributed by atoms with Crippen molar-refractivity contribution in [3.63, 3.8) is 0 Å². The third-order valence-electron chi connectivity index (χ3n) is 5.76. The molecule has 0 unspecified atom stereocenters. The summed E-state index contributed by atoms with van der Waals surface area (Å²) in [5.74, 6) is 0.500. The van der Waals surface area contributed by atoms with Gasteiger partial charge in [0.15, 0.2) is 5.17 Å². The standard InChI is InChI=1S/C22H24FN3O5S/c1-29-10-15-9-14-11-32-20(25-21(27)28)26-22(14,12-31-15)17-8-13(5-6-18(17)23)16-4-3-7-24-19(16)30-2/h3-8,14-15H,9-12H2,1-2H3,(H,25,26)(H,27,28)/t14-,15+,22-/m0/s1. The van der Waals surface area contributed by atoms with Crippen molar-refractivity contribution in [1.29, 1.82) is 0 Å². The number of carboxylic acid groups (broad SMARTS) is 1. The van der Waals surface area contributed by atoms with Crippen molar-refractivity contribution >= 4 is 23.0 Å². The maximum absolute atomic E-state index is 15.3. The number of hydrogen-bond acceptors (Lipinski definition) is 7. The molecule has 1 aromatic heterocycles. The van der Waals surface area contributed by atoms with Gasteiger partial charge in [-0.15, -0.1) is 0 Å². The molecule has 3 atom stereocenters. The molecule has 2 aliphatic heterocycles. The van der Waals surface area contributed by atoms with Crippen molar-refractivity contribution < 1.29 is 28.5 Å². The first-order valence-electron chi connectivity index (χ1n) is 10.1. The Morgan fingerprint density at radius 3 is 3.00 bits per heavy atom. The van der Waals surface area contributed by atoms with Crippen LogP contribution in [0.1, 0.15) is 12.0 Å². The average Bonchev–Trinajstić information content (AvgIpc) is 2.79. The number of aromatic nitrogens is 1. The molecule has 2 N–H and O–H groups in total. The largest absolute Gasteiger partial charge is 0.481 e. The quantitative estimate of drug-likeness (QED) is 0.702. The summed E-state index contributed by atoms with van der Waals surface area (Å²) in [5, 5.41) is 11.7. The minimum Gasteiger partial charge on any atom is -0.481 e. The van der Waals surface area contributed by atoms with Crippen molar-refractivity contribution in [2.24, 2.45) is 10.9 Å². The molecule has 3 heterocycles. The second kappa shape index (κ2) is 9.43. The predicted octanol–water partition coefficient (Wildman–Crippen LogP) is 3.51. The summed E-state index contributed by atoms with van der Waals surface area (Å²) in [4.78, 5) is 20.2. The molecular formula is C22H24FN3O5S. The zero-order valence-electron chi connectivity index (χ0n) is 17.7. The lowest BCUT2D eigenvalue weighted by Crippen LogP contribution is -2.52. The maximum Gasteiger partial charge on any atom is 0.410 e. The summed E-state index contributed by atoms with van der Waals surface area (Å²) in [5.41, 5.74) is 0.727. The van der Waals surface area contributed by atoms with E-state index in [0.717, 1.165) is 11.1 Å². The number of aliphatic imine (C=N–C) groups is 1. The van der Waals surface area contributed by atoms with Crippen LogP contribution >= 0.6 is 11.8 Å². The molecule has 8 nitrogen and oxygen atoms in total. The Balaban J connectivity index is 1.82. The number of carbonyl (C=O) groups is 1. The van der Waals surface area contributed by atoms with Crippen molar-refractivity contribution in [2.45, 2.75) is 18.1 Å². The van der Waals surface area contributed by atoms with Gasteiger partial charge in [0.2, 0.25) is 5.88 Å². The molecule has 1 aromatic carbocycles. The number of pyridine rings is 1. The van der Waals surface area contributed by atoms with Crippen molar-refractivity contribution in [1.82, 2.24) is 10.3 Å². The number of halogens is 1. The van der Waals surface area contributed by atoms with Gasteiger partial charge < -0.3 is 19.3 Å². The molecule has 1 fully saturated rings. The lowest BCUT2D eigenvalue weighted by atomic mass is 9.74. The second-order valence-corrected chi connectivity index (χ2v) is 8.67. The molecule has 1 amide bonds. The van der Waals surface area contributed by atoms with Gasteiger partial charge in [-0.2, -0.15) is 0 Å². The Bertz CT molecular complexity index is 1040. The fraction of sp³-hybridized carbons (Fsp3) is 0.409. The van der Waals surface area contributed by atoms with Crippen LogP contribution in [0.5, 0.6) is 5.88 Å². The minimum atomic E-state index is -1.21. The van der Waals surface area contributed by atoms with E-state index in [1.54, 1.807) is 31.5 Å². The molecule has 0 bridgehead atoms. The number of methoxy groups -OCH3 is 2. The molecule has 10 heteroatoms. The molecule has 170 valence electrons. The Kier molecular flexibility index (Phi) is 6.63. The Morgan fingerprint density at radius 2 is 2.25 bits per heavy atom. The smallest absolute Gasteiger partial charge is 0.410 e. The zero-order chi connectivity index (χ0) is 22.7. The number of fused-ring (bicyclic) bond motifs is 1. The van der Waals surface area contributed by atoms with Crippen LogP contribution in [0, 0.1) is 11.7 Å². The van der Waals surface area contributed by atoms with Crippen LogP contribution in [0.15, 0.2) is 41.5 Å². The van der Waals surface area contributed by atoms with Crippen LogP contribution in [0.4, 0.5) is 9.18 Å². The number of ether oxygens (including phenoxy) is 3. The third kappa shape index (κ3) is 4.30. The molecular weight excluding hydrogens is 437 g/mol. The monoisotopic (exact) mass is 461 g/mol. The van der Waals surface area contributed by atoms with Crippen LogP contribution in [0.25, 0.3) is 11.1 Å². The number of nitrogens with zero attached hydrogens (tertiary/aromatic N) is 2. The van der Waals surface area contributed by atoms with E-state index < -0.39 is 17.4 Å². The number of benzene rings is 1. The van der Waals surface area contributed by atoms with Gasteiger partial charge >= 0.3 is 6.09 Å². The van der Waals surface area contributed by atoms with Crippen LogP contribution in [0.2, 0.25) is 0 Å². The molecule has 4 rings (SSSR count). The molecule has 1 saturated heterocycles. The number of amides is 1. The highest BCUT2D eigenvalue weighted by Gasteiger charge is 2.50. The van der Waals surface area contributed by atoms with Gasteiger partial charge in [0.25, 0.3) is 0 Å². The number of amidine groups is 1. The normalized spacial score (nSPS) is 24.9. The van der Waals surface area contributed by atoms with Gasteiger partial charge in [-0.05, 0) is 36.2 Å². The van der Waals surface area contributed by atoms with E-state index >= 15 is 4.39 Å². The van der Waals surface area contributed by atoms with E-state index in [9.17, 15) is 9.90 Å². The van der Waals surface area contributed by atoms with Gasteiger partial charge in [-0.1, -0.05) is 17.8 Å². The van der Waals surface area contributed by atoms with Crippen LogP contribution in [-0.4, -0.2) is 60.6 Å². The highest BCUT2D eigenvalue weighted by atomic mass is 32.2. The van der Waals surface area contributed by atoms with Crippen LogP contribution in [0.3, 0.4) is 0 Å². The van der Waals surface area contributed by atoms with Gasteiger partial charge in [-0.3, -0.25) is 5.32 Å². The summed E-state index contributed by atoms with van der Waals surface area (Å²) in [7, 11) is 3.14. The lowest BCUT2D eigenvalue weighted by molar-refractivity contribution is -0.0837. The fourth-order valence-corrected chi connectivity index (χ4v) is 5.44. The van der Waals surface area contributed by atoms with Gasteiger partial charge in [0.05, 0.1) is 26.4 Å². The maximum atomic E-state index is 15.3. The van der Waals surface area contributed by atoms with Gasteiger partial charge in [0, 0.05) is 36.1 Å². The van der Waals surface area contributed by atoms with Crippen molar-refractivity contribution in [2.75, 3.05) is 33.2 Å². The topological polar surface area (TPSA) is 102 Å². The van der Waals surface area contributed by atoms with Crippen LogP contribution < -0.4 is 10.1 Å². The number of thioether (sulfide) groups is 1. The lowest BCUT2D eigenvalue weighted by Gasteiger charge is -2.46. The SMILES string of the molecule is COC[C@H]1C[C@H]2CSC(NC(=O)O)=N[C@@]2(c2cc(-c3cccnc3OC)ccc2F)CO1. The molecule has 0 saturated carbocycles. The first-order valence-corrected chi connectivity index (χ1v) is 11.1. The summed E-state index contributed by atoms with van der Waals surface area (Å²) < 4.78 is 32.0. The van der Waals surface area contributed by atoms with E-state index in [2.05, 4.69) is 10.3 Å². The minimum absolute atomic E-state index is 0.0683. The highest BCUT2D eigenvalue weighted by molar-refractivity contribution is 8.13. The second-order valence-electron chi connectivity index (χ2n) is 7.66. The summed E-state index contributed by atoms with van der Waals surface area (Å²) in [6.45, 7) is 0.540. The third-order valence-corrected chi connectivity index (χ3v) is 6.79. The van der Waals surface area contributed by atoms with Crippen molar-refractivity contribution in [3.05, 3.63) is 47.9 Å². The highest BCUT2D eigenvalue weighted by Crippen LogP contribution is 2.47. The number of nitrogens with one attached hydrogen (secondary N) is 1. The van der Waals surface area contributed by atoms with E-state index in [4.69, 9.17) is 19.2 Å². The Labute approximate surface area is 189 Å². The molecule has 0 aliphatic carbocycles. The molecule has 0 radical (unpaired) electrons. The first kappa shape index (κ1) is 22.5. The molecule has 32 heavy (non-hydrogen) atoms.